The third-order valence-electron chi connectivity index (χ3n) is 2.32. The maximum Gasteiger partial charge on any atom is 0.280 e. The summed E-state index contributed by atoms with van der Waals surface area (Å²) in [6.45, 7) is 0. The summed E-state index contributed by atoms with van der Waals surface area (Å²) >= 11 is 3.42. The summed E-state index contributed by atoms with van der Waals surface area (Å²) < 4.78 is 2.38. The number of rotatable bonds is 1. The van der Waals surface area contributed by atoms with Gasteiger partial charge in [-0.05, 0) is 28.1 Å². The summed E-state index contributed by atoms with van der Waals surface area (Å²) in [5.41, 5.74) is 1.14. The lowest BCUT2D eigenvalue weighted by molar-refractivity contribution is 0.814. The van der Waals surface area contributed by atoms with Crippen LogP contribution < -0.4 is 5.56 Å². The highest BCUT2D eigenvalue weighted by Gasteiger charge is 2.11. The summed E-state index contributed by atoms with van der Waals surface area (Å²) in [4.78, 5) is 18.0. The fraction of sp³-hybridized carbons (Fsp3) is 0. The molecule has 0 aliphatic heterocycles. The van der Waals surface area contributed by atoms with E-state index in [0.717, 1.165) is 10.2 Å². The molecule has 17 heavy (non-hydrogen) atoms. The highest BCUT2D eigenvalue weighted by molar-refractivity contribution is 9.10. The Kier molecular flexibility index (Phi) is 2.25. The van der Waals surface area contributed by atoms with E-state index in [4.69, 9.17) is 0 Å². The van der Waals surface area contributed by atoms with Crippen molar-refractivity contribution in [2.75, 3.05) is 0 Å². The minimum absolute atomic E-state index is 0.225. The molecule has 0 saturated carbocycles. The van der Waals surface area contributed by atoms with E-state index in [-0.39, 0.29) is 11.1 Å². The SMILES string of the molecule is O=c1[nH]cnc2c1nnn2-c1ccccc1Br. The van der Waals surface area contributed by atoms with Crippen LogP contribution in [0.4, 0.5) is 0 Å². The second kappa shape index (κ2) is 3.77. The Morgan fingerprint density at radius 3 is 2.94 bits per heavy atom. The third-order valence-corrected chi connectivity index (χ3v) is 3.00. The first kappa shape index (κ1) is 10.2. The quantitative estimate of drug-likeness (QED) is 0.732. The first-order chi connectivity index (χ1) is 8.27. The molecule has 84 valence electrons. The monoisotopic (exact) mass is 291 g/mol. The number of hydrogen-bond acceptors (Lipinski definition) is 4. The second-order valence-electron chi connectivity index (χ2n) is 3.36. The topological polar surface area (TPSA) is 76.5 Å². The van der Waals surface area contributed by atoms with Gasteiger partial charge in [-0.2, -0.15) is 4.68 Å². The van der Waals surface area contributed by atoms with E-state index in [0.29, 0.717) is 5.65 Å². The largest absolute Gasteiger partial charge is 0.311 e. The molecule has 0 bridgehead atoms. The van der Waals surface area contributed by atoms with E-state index < -0.39 is 0 Å². The Morgan fingerprint density at radius 2 is 2.12 bits per heavy atom. The number of H-pyrrole nitrogens is 1. The van der Waals surface area contributed by atoms with Gasteiger partial charge in [0.25, 0.3) is 5.56 Å². The summed E-state index contributed by atoms with van der Waals surface area (Å²) in [5, 5.41) is 7.76. The third kappa shape index (κ3) is 1.55. The number of aromatic nitrogens is 5. The van der Waals surface area contributed by atoms with Crippen molar-refractivity contribution >= 4 is 27.1 Å². The van der Waals surface area contributed by atoms with Crippen LogP contribution in [0.2, 0.25) is 0 Å². The Balaban J connectivity index is 2.36. The van der Waals surface area contributed by atoms with Crippen LogP contribution in [0.15, 0.2) is 39.9 Å². The number of aromatic amines is 1. The van der Waals surface area contributed by atoms with Crippen LogP contribution in [0.3, 0.4) is 0 Å². The first-order valence-electron chi connectivity index (χ1n) is 4.81. The molecular weight excluding hydrogens is 286 g/mol. The average molecular weight is 292 g/mol. The number of nitrogens with one attached hydrogen (secondary N) is 1. The number of benzene rings is 1. The number of para-hydroxylation sites is 1. The van der Waals surface area contributed by atoms with Crippen molar-refractivity contribution in [3.05, 3.63) is 45.4 Å². The average Bonchev–Trinajstić information content (AvgIpc) is 2.75. The first-order valence-corrected chi connectivity index (χ1v) is 5.60. The van der Waals surface area contributed by atoms with E-state index in [1.807, 2.05) is 24.3 Å². The molecule has 3 aromatic rings. The van der Waals surface area contributed by atoms with Gasteiger partial charge >= 0.3 is 0 Å². The molecule has 0 amide bonds. The highest BCUT2D eigenvalue weighted by Crippen LogP contribution is 2.21. The molecule has 1 N–H and O–H groups in total. The predicted molar refractivity (Wildman–Crippen MR) is 65.0 cm³/mol. The molecule has 0 radical (unpaired) electrons. The number of halogens is 1. The fourth-order valence-electron chi connectivity index (χ4n) is 1.55. The van der Waals surface area contributed by atoms with E-state index in [1.54, 1.807) is 0 Å². The van der Waals surface area contributed by atoms with Gasteiger partial charge in [-0.3, -0.25) is 4.79 Å². The van der Waals surface area contributed by atoms with Gasteiger partial charge in [-0.1, -0.05) is 17.3 Å². The molecule has 3 rings (SSSR count). The molecule has 0 saturated heterocycles. The molecule has 6 nitrogen and oxygen atoms in total. The van der Waals surface area contributed by atoms with Crippen LogP contribution in [0.1, 0.15) is 0 Å². The highest BCUT2D eigenvalue weighted by atomic mass is 79.9. The molecule has 0 fully saturated rings. The molecule has 0 atom stereocenters. The molecule has 0 aliphatic carbocycles. The van der Waals surface area contributed by atoms with Gasteiger partial charge in [0, 0.05) is 4.47 Å². The number of fused-ring (bicyclic) bond motifs is 1. The van der Waals surface area contributed by atoms with Crippen LogP contribution >= 0.6 is 15.9 Å². The minimum Gasteiger partial charge on any atom is -0.311 e. The molecule has 2 heterocycles. The van der Waals surface area contributed by atoms with Crippen molar-refractivity contribution in [3.8, 4) is 5.69 Å². The van der Waals surface area contributed by atoms with Crippen LogP contribution in [0.5, 0.6) is 0 Å². The van der Waals surface area contributed by atoms with Crippen molar-refractivity contribution in [2.45, 2.75) is 0 Å². The molecule has 1 aromatic carbocycles. The van der Waals surface area contributed by atoms with Crippen LogP contribution in [-0.4, -0.2) is 25.0 Å². The molecule has 0 aliphatic rings. The Labute approximate surface area is 103 Å². The number of nitrogens with zero attached hydrogens (tertiary/aromatic N) is 4. The van der Waals surface area contributed by atoms with Crippen molar-refractivity contribution in [1.29, 1.82) is 0 Å². The Bertz CT molecular complexity index is 748. The van der Waals surface area contributed by atoms with E-state index in [2.05, 4.69) is 36.2 Å². The summed E-state index contributed by atoms with van der Waals surface area (Å²) in [5.74, 6) is 0. The Hall–Kier alpha value is -2.02. The molecular formula is C10H6BrN5O. The van der Waals surface area contributed by atoms with Gasteiger partial charge in [0.2, 0.25) is 0 Å². The maximum atomic E-state index is 11.5. The van der Waals surface area contributed by atoms with Crippen molar-refractivity contribution < 1.29 is 0 Å². The van der Waals surface area contributed by atoms with Crippen molar-refractivity contribution in [1.82, 2.24) is 25.0 Å². The lowest BCUT2D eigenvalue weighted by Gasteiger charge is -2.02. The van der Waals surface area contributed by atoms with Crippen LogP contribution in [-0.2, 0) is 0 Å². The van der Waals surface area contributed by atoms with Crippen LogP contribution in [0, 0.1) is 0 Å². The predicted octanol–water partition coefficient (Wildman–Crippen LogP) is 1.27. The van der Waals surface area contributed by atoms with E-state index in [9.17, 15) is 4.79 Å². The van der Waals surface area contributed by atoms with Crippen molar-refractivity contribution in [3.63, 3.8) is 0 Å². The second-order valence-corrected chi connectivity index (χ2v) is 4.21. The summed E-state index contributed by atoms with van der Waals surface area (Å²) in [6.07, 6.45) is 1.33. The molecule has 0 unspecified atom stereocenters. The van der Waals surface area contributed by atoms with E-state index >= 15 is 0 Å². The minimum atomic E-state index is -0.298. The smallest absolute Gasteiger partial charge is 0.280 e. The number of hydrogen-bond donors (Lipinski definition) is 1. The standard InChI is InChI=1S/C10H6BrN5O/c11-6-3-1-2-4-7(6)16-9-8(14-15-16)10(17)13-5-12-9/h1-5H,(H,12,13,17). The summed E-state index contributed by atoms with van der Waals surface area (Å²) in [6, 6.07) is 7.52. The molecule has 0 spiro atoms. The van der Waals surface area contributed by atoms with E-state index in [1.165, 1.54) is 11.0 Å². The zero-order chi connectivity index (χ0) is 11.8. The lowest BCUT2D eigenvalue weighted by Crippen LogP contribution is -2.07. The maximum absolute atomic E-state index is 11.5. The van der Waals surface area contributed by atoms with Gasteiger partial charge < -0.3 is 4.98 Å². The zero-order valence-electron chi connectivity index (χ0n) is 8.46. The molecule has 7 heteroatoms. The molecule has 2 aromatic heterocycles. The summed E-state index contributed by atoms with van der Waals surface area (Å²) in [7, 11) is 0. The van der Waals surface area contributed by atoms with Gasteiger partial charge in [0.05, 0.1) is 12.0 Å². The normalized spacial score (nSPS) is 10.9. The van der Waals surface area contributed by atoms with Crippen LogP contribution in [0.25, 0.3) is 16.9 Å². The van der Waals surface area contributed by atoms with Gasteiger partial charge in [0.15, 0.2) is 11.2 Å². The zero-order valence-corrected chi connectivity index (χ0v) is 10.0. The van der Waals surface area contributed by atoms with Gasteiger partial charge in [-0.25, -0.2) is 4.98 Å². The fourth-order valence-corrected chi connectivity index (χ4v) is 2.00. The lowest BCUT2D eigenvalue weighted by atomic mass is 10.3. The van der Waals surface area contributed by atoms with Gasteiger partial charge in [-0.15, -0.1) is 5.10 Å². The van der Waals surface area contributed by atoms with Crippen molar-refractivity contribution in [2.24, 2.45) is 0 Å². The Morgan fingerprint density at radius 1 is 1.29 bits per heavy atom. The van der Waals surface area contributed by atoms with Gasteiger partial charge in [0.1, 0.15) is 0 Å².